The van der Waals surface area contributed by atoms with E-state index < -0.39 is 0 Å². The van der Waals surface area contributed by atoms with Gasteiger partial charge in [-0.3, -0.25) is 4.79 Å². The summed E-state index contributed by atoms with van der Waals surface area (Å²) in [5.41, 5.74) is 2.12. The van der Waals surface area contributed by atoms with Gasteiger partial charge in [0, 0.05) is 5.38 Å². The number of carbonyl (C=O) groups excluding carboxylic acids is 1. The number of nitrogens with zero attached hydrogens (tertiary/aromatic N) is 2. The molecule has 0 saturated heterocycles. The highest BCUT2D eigenvalue weighted by molar-refractivity contribution is 9.11. The third kappa shape index (κ3) is 2.82. The van der Waals surface area contributed by atoms with Crippen LogP contribution in [0.25, 0.3) is 5.69 Å². The van der Waals surface area contributed by atoms with Gasteiger partial charge in [-0.15, -0.1) is 11.3 Å². The second-order valence-electron chi connectivity index (χ2n) is 4.60. The Hall–Kier alpha value is -1.99. The van der Waals surface area contributed by atoms with Crippen molar-refractivity contribution >= 4 is 38.9 Å². The predicted molar refractivity (Wildman–Crippen MR) is 88.2 cm³/mol. The number of halogens is 2. The van der Waals surface area contributed by atoms with Gasteiger partial charge in [-0.1, -0.05) is 12.1 Å². The normalized spacial score (nSPS) is 10.7. The van der Waals surface area contributed by atoms with Gasteiger partial charge >= 0.3 is 0 Å². The van der Waals surface area contributed by atoms with Gasteiger partial charge in [0.05, 0.1) is 26.9 Å². The van der Waals surface area contributed by atoms with Crippen LogP contribution in [-0.2, 0) is 0 Å². The Morgan fingerprint density at radius 1 is 1.41 bits per heavy atom. The first-order valence-corrected chi connectivity index (χ1v) is 8.08. The fourth-order valence-electron chi connectivity index (χ4n) is 2.02. The van der Waals surface area contributed by atoms with E-state index in [0.717, 1.165) is 3.79 Å². The fraction of sp³-hybridized carbons (Fsp3) is 0.0667. The Morgan fingerprint density at radius 2 is 2.18 bits per heavy atom. The molecule has 1 amide bonds. The van der Waals surface area contributed by atoms with Crippen LogP contribution >= 0.6 is 27.3 Å². The second-order valence-corrected chi connectivity index (χ2v) is 6.89. The molecule has 7 heteroatoms. The zero-order valence-corrected chi connectivity index (χ0v) is 13.9. The highest BCUT2D eigenvalue weighted by atomic mass is 79.9. The van der Waals surface area contributed by atoms with Crippen LogP contribution in [0.2, 0.25) is 0 Å². The molecule has 2 aromatic heterocycles. The van der Waals surface area contributed by atoms with Crippen LogP contribution in [-0.4, -0.2) is 15.7 Å². The number of carbonyl (C=O) groups is 1. The maximum absolute atomic E-state index is 13.8. The fourth-order valence-corrected chi connectivity index (χ4v) is 3.16. The molecule has 112 valence electrons. The Balaban J connectivity index is 1.88. The number of benzene rings is 1. The third-order valence-electron chi connectivity index (χ3n) is 3.17. The van der Waals surface area contributed by atoms with Crippen LogP contribution in [0.3, 0.4) is 0 Å². The van der Waals surface area contributed by atoms with Crippen LogP contribution in [0.15, 0.2) is 45.7 Å². The molecule has 0 unspecified atom stereocenters. The van der Waals surface area contributed by atoms with Crippen molar-refractivity contribution in [3.63, 3.8) is 0 Å². The molecule has 2 heterocycles. The number of nitrogens with one attached hydrogen (secondary N) is 1. The summed E-state index contributed by atoms with van der Waals surface area (Å²) in [6, 6.07) is 8.11. The molecule has 0 spiro atoms. The zero-order chi connectivity index (χ0) is 15.7. The first-order chi connectivity index (χ1) is 10.6. The lowest BCUT2D eigenvalue weighted by Crippen LogP contribution is -2.11. The lowest BCUT2D eigenvalue weighted by Gasteiger charge is -2.07. The average molecular weight is 380 g/mol. The molecule has 0 aliphatic rings. The molecular weight excluding hydrogens is 369 g/mol. The molecule has 22 heavy (non-hydrogen) atoms. The predicted octanol–water partition coefficient (Wildman–Crippen LogP) is 4.40. The summed E-state index contributed by atoms with van der Waals surface area (Å²) in [6.45, 7) is 1.78. The summed E-state index contributed by atoms with van der Waals surface area (Å²) in [6.07, 6.45) is 1.51. The summed E-state index contributed by atoms with van der Waals surface area (Å²) in [7, 11) is 0. The summed E-state index contributed by atoms with van der Waals surface area (Å²) in [4.78, 5) is 12.2. The molecule has 0 bridgehead atoms. The van der Waals surface area contributed by atoms with Crippen LogP contribution in [0.1, 0.15) is 16.1 Å². The highest BCUT2D eigenvalue weighted by Gasteiger charge is 2.14. The van der Waals surface area contributed by atoms with E-state index in [2.05, 4.69) is 26.3 Å². The summed E-state index contributed by atoms with van der Waals surface area (Å²) in [5.74, 6) is -0.591. The number of rotatable bonds is 3. The van der Waals surface area contributed by atoms with Crippen molar-refractivity contribution in [3.05, 3.63) is 62.8 Å². The molecule has 0 aliphatic heterocycles. The van der Waals surface area contributed by atoms with Gasteiger partial charge in [-0.25, -0.2) is 9.07 Å². The molecule has 0 radical (unpaired) electrons. The SMILES string of the molecule is Cc1c(NC(=O)c2csc(Br)c2)cnn1-c1ccccc1F. The van der Waals surface area contributed by atoms with Gasteiger partial charge in [0.15, 0.2) is 0 Å². The summed E-state index contributed by atoms with van der Waals surface area (Å²) in [5, 5.41) is 8.70. The van der Waals surface area contributed by atoms with Crippen LogP contribution in [0, 0.1) is 12.7 Å². The Labute approximate surface area is 138 Å². The summed E-state index contributed by atoms with van der Waals surface area (Å²) >= 11 is 4.76. The molecule has 0 aliphatic carbocycles. The van der Waals surface area contributed by atoms with Crippen molar-refractivity contribution in [1.82, 2.24) is 9.78 Å². The van der Waals surface area contributed by atoms with E-state index in [9.17, 15) is 9.18 Å². The summed E-state index contributed by atoms with van der Waals surface area (Å²) < 4.78 is 16.2. The molecule has 0 atom stereocenters. The van der Waals surface area contributed by atoms with Crippen LogP contribution in [0.4, 0.5) is 10.1 Å². The topological polar surface area (TPSA) is 46.9 Å². The van der Waals surface area contributed by atoms with E-state index in [0.29, 0.717) is 22.6 Å². The molecule has 1 aromatic carbocycles. The lowest BCUT2D eigenvalue weighted by atomic mass is 10.3. The molecule has 3 rings (SSSR count). The number of para-hydroxylation sites is 1. The van der Waals surface area contributed by atoms with Crippen molar-refractivity contribution in [2.45, 2.75) is 6.92 Å². The number of hydrogen-bond acceptors (Lipinski definition) is 3. The molecule has 1 N–H and O–H groups in total. The third-order valence-corrected chi connectivity index (χ3v) is 4.67. The minimum atomic E-state index is -0.367. The molecular formula is C15H11BrFN3OS. The van der Waals surface area contributed by atoms with Gasteiger partial charge in [-0.2, -0.15) is 5.10 Å². The number of anilines is 1. The van der Waals surface area contributed by atoms with Gasteiger partial charge < -0.3 is 5.32 Å². The zero-order valence-electron chi connectivity index (χ0n) is 11.5. The quantitative estimate of drug-likeness (QED) is 0.732. The van der Waals surface area contributed by atoms with Crippen LogP contribution in [0.5, 0.6) is 0 Å². The number of hydrogen-bond donors (Lipinski definition) is 1. The standard InChI is InChI=1S/C15H11BrFN3OS/c1-9-12(19-15(21)10-6-14(16)22-8-10)7-18-20(9)13-5-3-2-4-11(13)17/h2-8H,1H3,(H,19,21). The monoisotopic (exact) mass is 379 g/mol. The average Bonchev–Trinajstić information content (AvgIpc) is 3.07. The maximum atomic E-state index is 13.8. The first-order valence-electron chi connectivity index (χ1n) is 6.41. The van der Waals surface area contributed by atoms with E-state index >= 15 is 0 Å². The van der Waals surface area contributed by atoms with E-state index in [4.69, 9.17) is 0 Å². The lowest BCUT2D eigenvalue weighted by molar-refractivity contribution is 0.102. The van der Waals surface area contributed by atoms with E-state index in [-0.39, 0.29) is 11.7 Å². The number of amides is 1. The second kappa shape index (κ2) is 6.02. The van der Waals surface area contributed by atoms with Crippen molar-refractivity contribution in [3.8, 4) is 5.69 Å². The minimum Gasteiger partial charge on any atom is -0.319 e. The smallest absolute Gasteiger partial charge is 0.256 e. The Bertz CT molecular complexity index is 843. The molecule has 0 saturated carbocycles. The van der Waals surface area contributed by atoms with Crippen molar-refractivity contribution < 1.29 is 9.18 Å². The first kappa shape index (κ1) is 14.9. The van der Waals surface area contributed by atoms with Crippen molar-refractivity contribution in [2.24, 2.45) is 0 Å². The van der Waals surface area contributed by atoms with Gasteiger partial charge in [0.1, 0.15) is 11.5 Å². The van der Waals surface area contributed by atoms with Crippen LogP contribution < -0.4 is 5.32 Å². The van der Waals surface area contributed by atoms with Gasteiger partial charge in [0.25, 0.3) is 5.91 Å². The van der Waals surface area contributed by atoms with E-state index in [1.807, 2.05) is 0 Å². The van der Waals surface area contributed by atoms with E-state index in [1.54, 1.807) is 36.6 Å². The largest absolute Gasteiger partial charge is 0.319 e. The van der Waals surface area contributed by atoms with Crippen molar-refractivity contribution in [1.29, 1.82) is 0 Å². The molecule has 0 fully saturated rings. The molecule has 3 aromatic rings. The van der Waals surface area contributed by atoms with Gasteiger partial charge in [-0.05, 0) is 41.1 Å². The van der Waals surface area contributed by atoms with E-state index in [1.165, 1.54) is 28.3 Å². The van der Waals surface area contributed by atoms with Crippen molar-refractivity contribution in [2.75, 3.05) is 5.32 Å². The van der Waals surface area contributed by atoms with Gasteiger partial charge in [0.2, 0.25) is 0 Å². The Morgan fingerprint density at radius 3 is 2.86 bits per heavy atom. The molecule has 4 nitrogen and oxygen atoms in total. The number of thiophene rings is 1. The highest BCUT2D eigenvalue weighted by Crippen LogP contribution is 2.23. The Kier molecular flexibility index (Phi) is 4.08. The minimum absolute atomic E-state index is 0.224. The maximum Gasteiger partial charge on any atom is 0.256 e. The number of aromatic nitrogens is 2.